The number of nitrogens with one attached hydrogen (secondary N) is 1. The number of nitrogens with zero attached hydrogens (tertiary/aromatic N) is 4. The molecule has 0 aliphatic carbocycles. The highest BCUT2D eigenvalue weighted by Gasteiger charge is 2.22. The maximum Gasteiger partial charge on any atom is 0.264 e. The summed E-state index contributed by atoms with van der Waals surface area (Å²) < 4.78 is 0. The van der Waals surface area contributed by atoms with Crippen LogP contribution in [0.3, 0.4) is 0 Å². The molecule has 0 aliphatic heterocycles. The fraction of sp³-hybridized carbons (Fsp3) is 0.368. The van der Waals surface area contributed by atoms with Gasteiger partial charge < -0.3 is 15.3 Å². The number of aryl methyl sites for hydroxylation is 1. The summed E-state index contributed by atoms with van der Waals surface area (Å²) in [5.41, 5.74) is 1.88. The molecule has 3 aromatic heterocycles. The third-order valence-electron chi connectivity index (χ3n) is 4.36. The molecule has 0 fully saturated rings. The van der Waals surface area contributed by atoms with Crippen molar-refractivity contribution in [2.24, 2.45) is 0 Å². The van der Waals surface area contributed by atoms with Gasteiger partial charge in [0.25, 0.3) is 5.91 Å². The number of aromatic nitrogens is 3. The molecule has 0 unspecified atom stereocenters. The number of thiophene rings is 1. The zero-order valence-electron chi connectivity index (χ0n) is 15.5. The van der Waals surface area contributed by atoms with Gasteiger partial charge in [0, 0.05) is 37.9 Å². The number of hydrogen-bond acceptors (Lipinski definition) is 7. The Kier molecular flexibility index (Phi) is 6.31. The van der Waals surface area contributed by atoms with Crippen LogP contribution in [-0.4, -0.2) is 57.1 Å². The van der Waals surface area contributed by atoms with Crippen molar-refractivity contribution >= 4 is 33.3 Å². The molecule has 3 heterocycles. The lowest BCUT2D eigenvalue weighted by Crippen LogP contribution is -2.33. The van der Waals surface area contributed by atoms with Gasteiger partial charge in [0.1, 0.15) is 17.0 Å². The van der Waals surface area contributed by atoms with E-state index in [1.807, 2.05) is 32.0 Å². The van der Waals surface area contributed by atoms with E-state index in [9.17, 15) is 9.90 Å². The number of likely N-dealkylation sites (N-methyl/N-ethyl adjacent to an activating group) is 1. The first-order valence-corrected chi connectivity index (χ1v) is 9.75. The first-order valence-electron chi connectivity index (χ1n) is 8.93. The predicted molar refractivity (Wildman–Crippen MR) is 107 cm³/mol. The fourth-order valence-corrected chi connectivity index (χ4v) is 4.05. The highest BCUT2D eigenvalue weighted by molar-refractivity contribution is 7.20. The van der Waals surface area contributed by atoms with Crippen molar-refractivity contribution in [3.8, 4) is 0 Å². The number of aliphatic hydroxyl groups excluding tert-OH is 1. The van der Waals surface area contributed by atoms with Crippen LogP contribution >= 0.6 is 11.3 Å². The van der Waals surface area contributed by atoms with Gasteiger partial charge in [-0.25, -0.2) is 9.97 Å². The molecule has 7 nitrogen and oxygen atoms in total. The van der Waals surface area contributed by atoms with Crippen LogP contribution in [0.1, 0.15) is 27.9 Å². The van der Waals surface area contributed by atoms with Gasteiger partial charge in [-0.1, -0.05) is 6.07 Å². The van der Waals surface area contributed by atoms with Crippen molar-refractivity contribution in [2.75, 3.05) is 31.6 Å². The second-order valence-electron chi connectivity index (χ2n) is 6.06. The summed E-state index contributed by atoms with van der Waals surface area (Å²) in [5.74, 6) is 0.653. The number of pyridine rings is 1. The summed E-state index contributed by atoms with van der Waals surface area (Å²) >= 11 is 1.37. The summed E-state index contributed by atoms with van der Waals surface area (Å²) in [6.45, 7) is 5.33. The van der Waals surface area contributed by atoms with Crippen molar-refractivity contribution in [1.82, 2.24) is 19.9 Å². The van der Waals surface area contributed by atoms with Crippen molar-refractivity contribution in [1.29, 1.82) is 0 Å². The van der Waals surface area contributed by atoms with Crippen LogP contribution in [0.2, 0.25) is 0 Å². The van der Waals surface area contributed by atoms with Crippen LogP contribution in [0.4, 0.5) is 5.82 Å². The maximum atomic E-state index is 12.8. The van der Waals surface area contributed by atoms with Crippen LogP contribution < -0.4 is 5.32 Å². The molecule has 0 radical (unpaired) electrons. The number of carbonyl (C=O) groups excluding carboxylic acids is 1. The minimum Gasteiger partial charge on any atom is -0.395 e. The quantitative estimate of drug-likeness (QED) is 0.619. The van der Waals surface area contributed by atoms with Gasteiger partial charge in [0.05, 0.1) is 16.9 Å². The zero-order chi connectivity index (χ0) is 19.2. The molecule has 0 saturated heterocycles. The van der Waals surface area contributed by atoms with E-state index in [0.29, 0.717) is 24.5 Å². The Morgan fingerprint density at radius 2 is 2.15 bits per heavy atom. The number of rotatable bonds is 8. The predicted octanol–water partition coefficient (Wildman–Crippen LogP) is 2.50. The summed E-state index contributed by atoms with van der Waals surface area (Å²) in [6.07, 6.45) is 4.08. The Hall–Kier alpha value is -2.58. The van der Waals surface area contributed by atoms with E-state index in [4.69, 9.17) is 0 Å². The maximum absolute atomic E-state index is 12.8. The Morgan fingerprint density at radius 3 is 2.85 bits per heavy atom. The van der Waals surface area contributed by atoms with Crippen LogP contribution in [0.5, 0.6) is 0 Å². The molecule has 0 atom stereocenters. The Labute approximate surface area is 162 Å². The van der Waals surface area contributed by atoms with E-state index in [1.54, 1.807) is 11.1 Å². The molecule has 27 heavy (non-hydrogen) atoms. The number of fused-ring (bicyclic) bond motifs is 1. The highest BCUT2D eigenvalue weighted by atomic mass is 32.1. The molecule has 0 bridgehead atoms. The molecule has 142 valence electrons. The van der Waals surface area contributed by atoms with E-state index < -0.39 is 0 Å². The molecular weight excluding hydrogens is 362 g/mol. The zero-order valence-corrected chi connectivity index (χ0v) is 16.3. The number of carbonyl (C=O) groups is 1. The number of aliphatic hydroxyl groups is 1. The van der Waals surface area contributed by atoms with E-state index in [0.717, 1.165) is 33.7 Å². The summed E-state index contributed by atoms with van der Waals surface area (Å²) in [4.78, 5) is 28.9. The third kappa shape index (κ3) is 4.23. The molecule has 0 saturated carbocycles. The SMILES string of the molecule is CCN(CCO)C(=O)c1sc2ncnc(NCCc3ccccn3)c2c1C. The number of amides is 1. The Balaban J connectivity index is 1.83. The molecule has 2 N–H and O–H groups in total. The van der Waals surface area contributed by atoms with Crippen molar-refractivity contribution in [2.45, 2.75) is 20.3 Å². The van der Waals surface area contributed by atoms with E-state index in [1.165, 1.54) is 17.7 Å². The second-order valence-corrected chi connectivity index (χ2v) is 7.06. The molecule has 1 amide bonds. The molecule has 3 rings (SSSR count). The summed E-state index contributed by atoms with van der Waals surface area (Å²) in [5, 5.41) is 13.4. The van der Waals surface area contributed by atoms with Gasteiger partial charge in [-0.15, -0.1) is 11.3 Å². The smallest absolute Gasteiger partial charge is 0.264 e. The third-order valence-corrected chi connectivity index (χ3v) is 5.55. The summed E-state index contributed by atoms with van der Waals surface area (Å²) in [7, 11) is 0. The van der Waals surface area contributed by atoms with Gasteiger partial charge in [-0.2, -0.15) is 0 Å². The highest BCUT2D eigenvalue weighted by Crippen LogP contribution is 2.33. The standard InChI is InChI=1S/C19H23N5O2S/c1-3-24(10-11-25)19(26)16-13(2)15-17(22-12-23-18(15)27-16)21-9-7-14-6-4-5-8-20-14/h4-6,8,12,25H,3,7,9-11H2,1-2H3,(H,21,22,23). The molecular formula is C19H23N5O2S. The summed E-state index contributed by atoms with van der Waals surface area (Å²) in [6, 6.07) is 5.86. The van der Waals surface area contributed by atoms with Crippen LogP contribution in [-0.2, 0) is 6.42 Å². The Bertz CT molecular complexity index is 913. The van der Waals surface area contributed by atoms with E-state index in [-0.39, 0.29) is 12.5 Å². The van der Waals surface area contributed by atoms with Crippen LogP contribution in [0.15, 0.2) is 30.7 Å². The van der Waals surface area contributed by atoms with E-state index >= 15 is 0 Å². The first-order chi connectivity index (χ1) is 13.2. The topological polar surface area (TPSA) is 91.2 Å². The molecule has 8 heteroatoms. The van der Waals surface area contributed by atoms with Gasteiger partial charge >= 0.3 is 0 Å². The van der Waals surface area contributed by atoms with Gasteiger partial charge in [-0.3, -0.25) is 9.78 Å². The lowest BCUT2D eigenvalue weighted by molar-refractivity contribution is 0.0736. The minimum atomic E-state index is -0.0773. The Morgan fingerprint density at radius 1 is 1.30 bits per heavy atom. The average Bonchev–Trinajstić information content (AvgIpc) is 3.04. The molecule has 3 aromatic rings. The largest absolute Gasteiger partial charge is 0.395 e. The molecule has 0 spiro atoms. The number of anilines is 1. The monoisotopic (exact) mass is 385 g/mol. The van der Waals surface area contributed by atoms with Gasteiger partial charge in [-0.05, 0) is 31.5 Å². The lowest BCUT2D eigenvalue weighted by atomic mass is 10.2. The van der Waals surface area contributed by atoms with Crippen molar-refractivity contribution in [3.05, 3.63) is 46.9 Å². The number of hydrogen-bond donors (Lipinski definition) is 2. The van der Waals surface area contributed by atoms with Crippen molar-refractivity contribution in [3.63, 3.8) is 0 Å². The lowest BCUT2D eigenvalue weighted by Gasteiger charge is -2.19. The van der Waals surface area contributed by atoms with Crippen LogP contribution in [0, 0.1) is 6.92 Å². The van der Waals surface area contributed by atoms with Crippen LogP contribution in [0.25, 0.3) is 10.2 Å². The first kappa shape index (κ1) is 19.2. The minimum absolute atomic E-state index is 0.0519. The van der Waals surface area contributed by atoms with Gasteiger partial charge in [0.2, 0.25) is 0 Å². The van der Waals surface area contributed by atoms with E-state index in [2.05, 4.69) is 20.3 Å². The normalized spacial score (nSPS) is 10.9. The average molecular weight is 385 g/mol. The molecule has 0 aliphatic rings. The van der Waals surface area contributed by atoms with Crippen molar-refractivity contribution < 1.29 is 9.90 Å². The fourth-order valence-electron chi connectivity index (χ4n) is 2.93. The second kappa shape index (κ2) is 8.88. The molecule has 0 aromatic carbocycles. The van der Waals surface area contributed by atoms with Gasteiger partial charge in [0.15, 0.2) is 0 Å².